The normalized spacial score (nSPS) is 11.4. The van der Waals surface area contributed by atoms with Crippen molar-refractivity contribution >= 4 is 17.7 Å². The van der Waals surface area contributed by atoms with E-state index < -0.39 is 23.8 Å². The summed E-state index contributed by atoms with van der Waals surface area (Å²) < 4.78 is 9.20. The average molecular weight is 214 g/mol. The number of Topliss-reactive ketones (excluding diaryl/α,β-unsaturated/α-hetero) is 1. The summed E-state index contributed by atoms with van der Waals surface area (Å²) in [6.07, 6.45) is -1.49. The predicted molar refractivity (Wildman–Crippen MR) is 52.0 cm³/mol. The molecule has 0 bridgehead atoms. The second kappa shape index (κ2) is 5.95. The summed E-state index contributed by atoms with van der Waals surface area (Å²) in [5, 5.41) is 0. The van der Waals surface area contributed by atoms with Crippen LogP contribution < -0.4 is 0 Å². The number of esters is 2. The smallest absolute Gasteiger partial charge is 0.355 e. The lowest BCUT2D eigenvalue weighted by Gasteiger charge is -2.13. The average Bonchev–Trinajstić information content (AvgIpc) is 2.13. The van der Waals surface area contributed by atoms with E-state index in [9.17, 15) is 14.4 Å². The molecule has 0 saturated heterocycles. The molecule has 0 aliphatic carbocycles. The molecule has 0 aliphatic rings. The zero-order valence-electron chi connectivity index (χ0n) is 9.03. The topological polar surface area (TPSA) is 69.7 Å². The van der Waals surface area contributed by atoms with E-state index in [4.69, 9.17) is 0 Å². The van der Waals surface area contributed by atoms with Crippen LogP contribution in [0.5, 0.6) is 0 Å². The molecule has 0 N–H and O–H groups in total. The zero-order chi connectivity index (χ0) is 12.0. The maximum atomic E-state index is 11.2. The molecule has 84 valence electrons. The lowest BCUT2D eigenvalue weighted by Crippen LogP contribution is -2.35. The van der Waals surface area contributed by atoms with E-state index in [0.717, 1.165) is 6.92 Å². The number of carbonyl (C=O) groups is 3. The van der Waals surface area contributed by atoms with E-state index in [0.29, 0.717) is 0 Å². The minimum Gasteiger partial charge on any atom is -0.463 e. The molecular formula is C10H14O5. The third-order valence-electron chi connectivity index (χ3n) is 1.44. The first-order valence-electron chi connectivity index (χ1n) is 4.43. The van der Waals surface area contributed by atoms with Gasteiger partial charge in [0.25, 0.3) is 6.10 Å². The van der Waals surface area contributed by atoms with Gasteiger partial charge in [-0.3, -0.25) is 4.79 Å². The molecule has 15 heavy (non-hydrogen) atoms. The maximum absolute atomic E-state index is 11.2. The first-order chi connectivity index (χ1) is 6.90. The fourth-order valence-corrected chi connectivity index (χ4v) is 0.723. The van der Waals surface area contributed by atoms with Gasteiger partial charge in [-0.2, -0.15) is 0 Å². The third-order valence-corrected chi connectivity index (χ3v) is 1.44. The van der Waals surface area contributed by atoms with Crippen molar-refractivity contribution in [1.29, 1.82) is 0 Å². The second-order valence-corrected chi connectivity index (χ2v) is 2.93. The Labute approximate surface area is 88.0 Å². The van der Waals surface area contributed by atoms with Crippen LogP contribution in [0.15, 0.2) is 12.2 Å². The van der Waals surface area contributed by atoms with Crippen molar-refractivity contribution in [1.82, 2.24) is 0 Å². The highest BCUT2D eigenvalue weighted by molar-refractivity contribution is 6.03. The van der Waals surface area contributed by atoms with E-state index in [1.54, 1.807) is 6.92 Å². The van der Waals surface area contributed by atoms with Gasteiger partial charge in [0, 0.05) is 5.57 Å². The van der Waals surface area contributed by atoms with Crippen molar-refractivity contribution < 1.29 is 23.9 Å². The van der Waals surface area contributed by atoms with E-state index in [-0.39, 0.29) is 12.2 Å². The van der Waals surface area contributed by atoms with Gasteiger partial charge in [-0.25, -0.2) is 9.59 Å². The SMILES string of the molecule is C=C(C)C(=O)OC(C(C)=O)C(=O)OCC. The molecule has 0 radical (unpaired) electrons. The summed E-state index contributed by atoms with van der Waals surface area (Å²) >= 11 is 0. The van der Waals surface area contributed by atoms with Crippen LogP contribution in [0, 0.1) is 0 Å². The highest BCUT2D eigenvalue weighted by Crippen LogP contribution is 2.02. The largest absolute Gasteiger partial charge is 0.463 e. The fraction of sp³-hybridized carbons (Fsp3) is 0.500. The van der Waals surface area contributed by atoms with Crippen LogP contribution in [-0.4, -0.2) is 30.4 Å². The lowest BCUT2D eigenvalue weighted by molar-refractivity contribution is -0.168. The van der Waals surface area contributed by atoms with Gasteiger partial charge in [0.1, 0.15) is 0 Å². The standard InChI is InChI=1S/C10H14O5/c1-5-14-10(13)8(7(4)11)15-9(12)6(2)3/h8H,2,5H2,1,3-4H3. The lowest BCUT2D eigenvalue weighted by atomic mass is 10.2. The predicted octanol–water partition coefficient (Wildman–Crippen LogP) is 0.626. The molecule has 0 aromatic rings. The molecule has 0 aliphatic heterocycles. The van der Waals surface area contributed by atoms with Gasteiger partial charge >= 0.3 is 11.9 Å². The molecule has 0 amide bonds. The molecule has 0 heterocycles. The summed E-state index contributed by atoms with van der Waals surface area (Å²) in [7, 11) is 0. The molecule has 1 unspecified atom stereocenters. The summed E-state index contributed by atoms with van der Waals surface area (Å²) in [5.74, 6) is -2.23. The summed E-state index contributed by atoms with van der Waals surface area (Å²) in [4.78, 5) is 33.3. The van der Waals surface area contributed by atoms with Crippen LogP contribution >= 0.6 is 0 Å². The zero-order valence-corrected chi connectivity index (χ0v) is 9.03. The first kappa shape index (κ1) is 13.4. The Kier molecular flexibility index (Phi) is 5.30. The molecule has 5 heteroatoms. The summed E-state index contributed by atoms with van der Waals surface area (Å²) in [6.45, 7) is 7.61. The number of hydrogen-bond acceptors (Lipinski definition) is 5. The van der Waals surface area contributed by atoms with Crippen LogP contribution in [0.1, 0.15) is 20.8 Å². The quantitative estimate of drug-likeness (QED) is 0.381. The van der Waals surface area contributed by atoms with E-state index in [1.165, 1.54) is 6.92 Å². The molecule has 0 saturated carbocycles. The molecule has 0 aromatic carbocycles. The van der Waals surface area contributed by atoms with Gasteiger partial charge < -0.3 is 9.47 Å². The van der Waals surface area contributed by atoms with E-state index >= 15 is 0 Å². The number of ether oxygens (including phenoxy) is 2. The number of ketones is 1. The highest BCUT2D eigenvalue weighted by atomic mass is 16.6. The molecule has 0 spiro atoms. The second-order valence-electron chi connectivity index (χ2n) is 2.93. The van der Waals surface area contributed by atoms with Gasteiger partial charge in [-0.1, -0.05) is 6.58 Å². The van der Waals surface area contributed by atoms with Crippen LogP contribution in [0.2, 0.25) is 0 Å². The van der Waals surface area contributed by atoms with Crippen LogP contribution in [0.4, 0.5) is 0 Å². The van der Waals surface area contributed by atoms with Crippen LogP contribution in [0.25, 0.3) is 0 Å². The molecule has 0 fully saturated rings. The highest BCUT2D eigenvalue weighted by Gasteiger charge is 2.28. The van der Waals surface area contributed by atoms with Crippen molar-refractivity contribution in [2.45, 2.75) is 26.9 Å². The monoisotopic (exact) mass is 214 g/mol. The number of carbonyl (C=O) groups excluding carboxylic acids is 3. The van der Waals surface area contributed by atoms with Gasteiger partial charge in [0.15, 0.2) is 5.78 Å². The minimum absolute atomic E-state index is 0.116. The molecule has 0 aromatic heterocycles. The van der Waals surface area contributed by atoms with Gasteiger partial charge in [0.05, 0.1) is 6.61 Å². The summed E-state index contributed by atoms with van der Waals surface area (Å²) in [5.41, 5.74) is 0.116. The van der Waals surface area contributed by atoms with Crippen LogP contribution in [0.3, 0.4) is 0 Å². The fourth-order valence-electron chi connectivity index (χ4n) is 0.723. The Balaban J connectivity index is 4.55. The molecule has 5 nitrogen and oxygen atoms in total. The Morgan fingerprint density at radius 1 is 1.27 bits per heavy atom. The molecule has 0 rings (SSSR count). The minimum atomic E-state index is -1.49. The Hall–Kier alpha value is -1.65. The Bertz CT molecular complexity index is 292. The third kappa shape index (κ3) is 4.39. The van der Waals surface area contributed by atoms with Crippen molar-refractivity contribution in [2.24, 2.45) is 0 Å². The molecule has 1 atom stereocenters. The van der Waals surface area contributed by atoms with Gasteiger partial charge in [-0.05, 0) is 20.8 Å². The Morgan fingerprint density at radius 2 is 1.80 bits per heavy atom. The van der Waals surface area contributed by atoms with E-state index in [2.05, 4.69) is 16.1 Å². The van der Waals surface area contributed by atoms with Crippen molar-refractivity contribution in [3.8, 4) is 0 Å². The first-order valence-corrected chi connectivity index (χ1v) is 4.43. The molecular weight excluding hydrogens is 200 g/mol. The number of hydrogen-bond donors (Lipinski definition) is 0. The maximum Gasteiger partial charge on any atom is 0.355 e. The Morgan fingerprint density at radius 3 is 2.13 bits per heavy atom. The van der Waals surface area contributed by atoms with Gasteiger partial charge in [0.2, 0.25) is 0 Å². The summed E-state index contributed by atoms with van der Waals surface area (Å²) in [6, 6.07) is 0. The van der Waals surface area contributed by atoms with Crippen molar-refractivity contribution in [2.75, 3.05) is 6.61 Å². The van der Waals surface area contributed by atoms with Crippen molar-refractivity contribution in [3.63, 3.8) is 0 Å². The number of rotatable bonds is 5. The van der Waals surface area contributed by atoms with Crippen LogP contribution in [-0.2, 0) is 23.9 Å². The van der Waals surface area contributed by atoms with E-state index in [1.807, 2.05) is 0 Å². The van der Waals surface area contributed by atoms with Gasteiger partial charge in [-0.15, -0.1) is 0 Å². The van der Waals surface area contributed by atoms with Crippen molar-refractivity contribution in [3.05, 3.63) is 12.2 Å².